The molecule has 34 heavy (non-hydrogen) atoms. The van der Waals surface area contributed by atoms with Gasteiger partial charge in [0.15, 0.2) is 11.6 Å². The summed E-state index contributed by atoms with van der Waals surface area (Å²) >= 11 is 5.94. The zero-order valence-corrected chi connectivity index (χ0v) is 19.7. The molecule has 0 bridgehead atoms. The topological polar surface area (TPSA) is 61.0 Å². The number of hydrogen-bond donors (Lipinski definition) is 0. The summed E-state index contributed by atoms with van der Waals surface area (Å²) in [6.45, 7) is 4.65. The van der Waals surface area contributed by atoms with E-state index in [-0.39, 0.29) is 11.7 Å². The summed E-state index contributed by atoms with van der Waals surface area (Å²) in [5.41, 5.74) is 1.40. The molecule has 1 saturated heterocycles. The molecule has 0 radical (unpaired) electrons. The number of halogens is 2. The Morgan fingerprint density at radius 3 is 2.47 bits per heavy atom. The summed E-state index contributed by atoms with van der Waals surface area (Å²) in [6.07, 6.45) is 3.07. The van der Waals surface area contributed by atoms with E-state index in [9.17, 15) is 4.39 Å². The van der Waals surface area contributed by atoms with Crippen molar-refractivity contribution in [2.24, 2.45) is 0 Å². The molecule has 2 aromatic heterocycles. The lowest BCUT2D eigenvalue weighted by Gasteiger charge is -2.32. The van der Waals surface area contributed by atoms with Crippen LogP contribution in [0, 0.1) is 5.82 Å². The van der Waals surface area contributed by atoms with Crippen LogP contribution in [0.1, 0.15) is 37.2 Å². The molecule has 0 saturated carbocycles. The molecule has 1 aliphatic heterocycles. The van der Waals surface area contributed by atoms with Gasteiger partial charge in [-0.25, -0.2) is 9.07 Å². The molecule has 0 aliphatic carbocycles. The minimum Gasteiger partial charge on any atom is -0.486 e. The van der Waals surface area contributed by atoms with Gasteiger partial charge in [-0.1, -0.05) is 29.8 Å². The smallest absolute Gasteiger partial charge is 0.227 e. The SMILES string of the molecule is CCn1c(COc2ccc(Cl)cc2)nnc1N1CCC(c2nn(-c3ccccc3)cc2F)CC1. The number of hydrogen-bond acceptors (Lipinski definition) is 5. The van der Waals surface area contributed by atoms with Gasteiger partial charge in [-0.2, -0.15) is 5.10 Å². The van der Waals surface area contributed by atoms with Crippen LogP contribution in [0.3, 0.4) is 0 Å². The fourth-order valence-corrected chi connectivity index (χ4v) is 4.50. The third kappa shape index (κ3) is 4.63. The summed E-state index contributed by atoms with van der Waals surface area (Å²) in [5.74, 6) is 2.15. The summed E-state index contributed by atoms with van der Waals surface area (Å²) in [4.78, 5) is 2.21. The number of benzene rings is 2. The van der Waals surface area contributed by atoms with Gasteiger partial charge in [0.05, 0.1) is 11.9 Å². The van der Waals surface area contributed by atoms with Gasteiger partial charge in [0.25, 0.3) is 0 Å². The first-order valence-electron chi connectivity index (χ1n) is 11.5. The number of ether oxygens (including phenoxy) is 1. The van der Waals surface area contributed by atoms with Gasteiger partial charge < -0.3 is 9.64 Å². The number of anilines is 1. The average molecular weight is 481 g/mol. The second-order valence-electron chi connectivity index (χ2n) is 8.31. The molecule has 176 valence electrons. The second-order valence-corrected chi connectivity index (χ2v) is 8.74. The summed E-state index contributed by atoms with van der Waals surface area (Å²) < 4.78 is 24.3. The van der Waals surface area contributed by atoms with Crippen LogP contribution < -0.4 is 9.64 Å². The number of nitrogens with zero attached hydrogens (tertiary/aromatic N) is 6. The predicted molar refractivity (Wildman–Crippen MR) is 129 cm³/mol. The van der Waals surface area contributed by atoms with Gasteiger partial charge in [0, 0.05) is 30.6 Å². The van der Waals surface area contributed by atoms with Crippen LogP contribution in [0.2, 0.25) is 5.02 Å². The van der Waals surface area contributed by atoms with Crippen molar-refractivity contribution < 1.29 is 9.13 Å². The van der Waals surface area contributed by atoms with E-state index in [1.165, 1.54) is 6.20 Å². The zero-order chi connectivity index (χ0) is 23.5. The Labute approximate surface area is 202 Å². The van der Waals surface area contributed by atoms with Crippen LogP contribution in [0.15, 0.2) is 60.8 Å². The Balaban J connectivity index is 1.24. The minimum absolute atomic E-state index is 0.0759. The summed E-state index contributed by atoms with van der Waals surface area (Å²) in [7, 11) is 0. The van der Waals surface area contributed by atoms with Crippen LogP contribution in [-0.2, 0) is 13.2 Å². The Bertz CT molecular complexity index is 1230. The highest BCUT2D eigenvalue weighted by Crippen LogP contribution is 2.31. The molecule has 0 unspecified atom stereocenters. The molecule has 0 N–H and O–H groups in total. The van der Waals surface area contributed by atoms with Crippen molar-refractivity contribution in [2.75, 3.05) is 18.0 Å². The zero-order valence-electron chi connectivity index (χ0n) is 18.9. The predicted octanol–water partition coefficient (Wildman–Crippen LogP) is 5.24. The first-order chi connectivity index (χ1) is 16.6. The van der Waals surface area contributed by atoms with Crippen LogP contribution >= 0.6 is 11.6 Å². The standard InChI is InChI=1S/C25H26ClFN6O/c1-2-32-23(17-34-21-10-8-19(26)9-11-21)28-29-25(32)31-14-12-18(13-15-31)24-22(27)16-33(30-24)20-6-4-3-5-7-20/h3-11,16,18H,2,12-15,17H2,1H3. The van der Waals surface area contributed by atoms with Crippen LogP contribution in [0.25, 0.3) is 5.69 Å². The maximum Gasteiger partial charge on any atom is 0.227 e. The van der Waals surface area contributed by atoms with E-state index in [1.54, 1.807) is 16.8 Å². The van der Waals surface area contributed by atoms with E-state index in [1.807, 2.05) is 42.5 Å². The number of para-hydroxylation sites is 1. The lowest BCUT2D eigenvalue weighted by molar-refractivity contribution is 0.289. The van der Waals surface area contributed by atoms with Gasteiger partial charge in [-0.05, 0) is 56.2 Å². The summed E-state index contributed by atoms with van der Waals surface area (Å²) in [6, 6.07) is 16.9. The monoisotopic (exact) mass is 480 g/mol. The van der Waals surface area contributed by atoms with Crippen molar-refractivity contribution in [3.05, 3.63) is 83.2 Å². The number of aromatic nitrogens is 5. The van der Waals surface area contributed by atoms with Crippen LogP contribution in [-0.4, -0.2) is 37.6 Å². The summed E-state index contributed by atoms with van der Waals surface area (Å²) in [5, 5.41) is 14.0. The highest BCUT2D eigenvalue weighted by Gasteiger charge is 2.28. The Morgan fingerprint density at radius 2 is 1.76 bits per heavy atom. The molecule has 1 fully saturated rings. The maximum atomic E-state index is 14.7. The first-order valence-corrected chi connectivity index (χ1v) is 11.9. The Morgan fingerprint density at radius 1 is 1.03 bits per heavy atom. The highest BCUT2D eigenvalue weighted by molar-refractivity contribution is 6.30. The van der Waals surface area contributed by atoms with Gasteiger partial charge >= 0.3 is 0 Å². The lowest BCUT2D eigenvalue weighted by atomic mass is 9.93. The van der Waals surface area contributed by atoms with E-state index < -0.39 is 0 Å². The Kier molecular flexibility index (Phi) is 6.49. The Hall–Kier alpha value is -3.39. The van der Waals surface area contributed by atoms with Crippen molar-refractivity contribution in [1.82, 2.24) is 24.5 Å². The fourth-order valence-electron chi connectivity index (χ4n) is 4.38. The van der Waals surface area contributed by atoms with Crippen LogP contribution in [0.5, 0.6) is 5.75 Å². The van der Waals surface area contributed by atoms with Gasteiger partial charge in [0.2, 0.25) is 5.95 Å². The number of piperidine rings is 1. The molecule has 3 heterocycles. The molecule has 1 aliphatic rings. The van der Waals surface area contributed by atoms with E-state index in [4.69, 9.17) is 16.3 Å². The molecule has 2 aromatic carbocycles. The fraction of sp³-hybridized carbons (Fsp3) is 0.320. The average Bonchev–Trinajstić information content (AvgIpc) is 3.47. The second kappa shape index (κ2) is 9.85. The first kappa shape index (κ1) is 22.4. The van der Waals surface area contributed by atoms with Crippen LogP contribution in [0.4, 0.5) is 10.3 Å². The molecule has 4 aromatic rings. The van der Waals surface area contributed by atoms with Crippen molar-refractivity contribution >= 4 is 17.5 Å². The normalized spacial score (nSPS) is 14.5. The molecule has 9 heteroatoms. The van der Waals surface area contributed by atoms with E-state index in [0.29, 0.717) is 17.3 Å². The van der Waals surface area contributed by atoms with Crippen molar-refractivity contribution in [3.63, 3.8) is 0 Å². The third-order valence-electron chi connectivity index (χ3n) is 6.19. The molecule has 7 nitrogen and oxygen atoms in total. The van der Waals surface area contributed by atoms with Gasteiger partial charge in [-0.15, -0.1) is 10.2 Å². The minimum atomic E-state index is -0.249. The van der Waals surface area contributed by atoms with E-state index in [0.717, 1.165) is 55.7 Å². The van der Waals surface area contributed by atoms with E-state index >= 15 is 0 Å². The molecular weight excluding hydrogens is 455 g/mol. The molecular formula is C25H26ClFN6O. The van der Waals surface area contributed by atoms with Crippen molar-refractivity contribution in [1.29, 1.82) is 0 Å². The van der Waals surface area contributed by atoms with Gasteiger partial charge in [0.1, 0.15) is 18.1 Å². The molecule has 0 spiro atoms. The molecule has 5 rings (SSSR count). The molecule has 0 atom stereocenters. The number of rotatable bonds is 7. The van der Waals surface area contributed by atoms with Crippen molar-refractivity contribution in [3.8, 4) is 11.4 Å². The largest absolute Gasteiger partial charge is 0.486 e. The highest BCUT2D eigenvalue weighted by atomic mass is 35.5. The lowest BCUT2D eigenvalue weighted by Crippen LogP contribution is -2.35. The van der Waals surface area contributed by atoms with E-state index in [2.05, 4.69) is 31.7 Å². The quantitative estimate of drug-likeness (QED) is 0.362. The third-order valence-corrected chi connectivity index (χ3v) is 6.44. The van der Waals surface area contributed by atoms with Crippen molar-refractivity contribution in [2.45, 2.75) is 38.8 Å². The maximum absolute atomic E-state index is 14.7. The molecule has 0 amide bonds. The van der Waals surface area contributed by atoms with Gasteiger partial charge in [-0.3, -0.25) is 4.57 Å².